The number of alkyl halides is 4. The van der Waals surface area contributed by atoms with Crippen molar-refractivity contribution in [1.29, 1.82) is 0 Å². The maximum Gasteiger partial charge on any atom is 0.416 e. The van der Waals surface area contributed by atoms with Gasteiger partial charge in [-0.2, -0.15) is 13.2 Å². The van der Waals surface area contributed by atoms with Gasteiger partial charge in [0.25, 0.3) is 0 Å². The molecular formula is C41H59F3INO2Si. The first kappa shape index (κ1) is 36.5. The zero-order valence-electron chi connectivity index (χ0n) is 31.3. The molecular weight excluding hydrogens is 750 g/mol. The van der Waals surface area contributed by atoms with Crippen LogP contribution in [0.3, 0.4) is 0 Å². The second-order valence-electron chi connectivity index (χ2n) is 18.9. The van der Waals surface area contributed by atoms with Crippen molar-refractivity contribution in [3.63, 3.8) is 0 Å². The quantitative estimate of drug-likeness (QED) is 0.153. The number of ether oxygens (including phenoxy) is 1. The van der Waals surface area contributed by atoms with Gasteiger partial charge < -0.3 is 14.5 Å². The molecule has 0 bridgehead atoms. The SMILES string of the molecule is CCC1CC1CCC(C)(C)[Si](C)(C)OC1CC12CC(C)(C)CC1NC(C(C)C)=C3C(=C12)C1(CCCC1I)O[C@@H]3c1cccc(C(F)(F)F)c1. The smallest absolute Gasteiger partial charge is 0.413 e. The summed E-state index contributed by atoms with van der Waals surface area (Å²) in [5, 5.41) is 4.25. The molecule has 2 aliphatic heterocycles. The molecule has 5 fully saturated rings. The molecule has 6 aliphatic rings. The lowest BCUT2D eigenvalue weighted by atomic mass is 9.60. The monoisotopic (exact) mass is 809 g/mol. The highest BCUT2D eigenvalue weighted by Crippen LogP contribution is 2.71. The van der Waals surface area contributed by atoms with Gasteiger partial charge in [0, 0.05) is 26.7 Å². The third kappa shape index (κ3) is 6.14. The van der Waals surface area contributed by atoms with Gasteiger partial charge in [0.05, 0.1) is 11.7 Å². The molecule has 1 aromatic rings. The Kier molecular flexibility index (Phi) is 9.01. The average molecular weight is 810 g/mol. The molecule has 2 spiro atoms. The molecule has 1 aromatic carbocycles. The third-order valence-electron chi connectivity index (χ3n) is 14.0. The molecule has 8 atom stereocenters. The van der Waals surface area contributed by atoms with E-state index in [2.05, 4.69) is 89.5 Å². The van der Waals surface area contributed by atoms with Crippen molar-refractivity contribution in [3.05, 3.63) is 57.8 Å². The van der Waals surface area contributed by atoms with E-state index in [0.29, 0.717) is 5.56 Å². The van der Waals surface area contributed by atoms with Crippen LogP contribution >= 0.6 is 22.6 Å². The molecule has 4 saturated carbocycles. The summed E-state index contributed by atoms with van der Waals surface area (Å²) in [4.78, 5) is 0. The highest BCUT2D eigenvalue weighted by Gasteiger charge is 2.69. The lowest BCUT2D eigenvalue weighted by molar-refractivity contribution is -0.137. The minimum atomic E-state index is -4.41. The molecule has 0 aromatic heterocycles. The Morgan fingerprint density at radius 2 is 1.86 bits per heavy atom. The van der Waals surface area contributed by atoms with Gasteiger partial charge in [0.15, 0.2) is 8.32 Å². The van der Waals surface area contributed by atoms with Crippen LogP contribution in [-0.4, -0.2) is 30.0 Å². The first-order valence-electron chi connectivity index (χ1n) is 19.2. The highest BCUT2D eigenvalue weighted by molar-refractivity contribution is 14.1. The van der Waals surface area contributed by atoms with Crippen LogP contribution in [0.2, 0.25) is 18.1 Å². The summed E-state index contributed by atoms with van der Waals surface area (Å²) in [5.41, 5.74) is 4.67. The molecule has 1 N–H and O–H groups in total. The van der Waals surface area contributed by atoms with Crippen LogP contribution in [0.25, 0.3) is 0 Å². The largest absolute Gasteiger partial charge is 0.416 e. The number of nitrogens with one attached hydrogen (secondary N) is 1. The van der Waals surface area contributed by atoms with Crippen molar-refractivity contribution in [1.82, 2.24) is 5.32 Å². The fraction of sp³-hybridized carbons (Fsp3) is 0.756. The normalized spacial score (nSPS) is 36.9. The van der Waals surface area contributed by atoms with Crippen molar-refractivity contribution in [2.24, 2.45) is 28.6 Å². The van der Waals surface area contributed by atoms with E-state index < -0.39 is 31.8 Å². The van der Waals surface area contributed by atoms with Crippen LogP contribution in [0.15, 0.2) is 46.7 Å². The highest BCUT2D eigenvalue weighted by atomic mass is 127. The van der Waals surface area contributed by atoms with E-state index >= 15 is 0 Å². The molecule has 3 nitrogen and oxygen atoms in total. The maximum absolute atomic E-state index is 14.1. The Balaban J connectivity index is 1.32. The fourth-order valence-electron chi connectivity index (χ4n) is 10.5. The number of hydrogen-bond acceptors (Lipinski definition) is 3. The second kappa shape index (κ2) is 12.1. The lowest BCUT2D eigenvalue weighted by Crippen LogP contribution is -2.51. The van der Waals surface area contributed by atoms with Crippen LogP contribution in [0.5, 0.6) is 0 Å². The van der Waals surface area contributed by atoms with Gasteiger partial charge in [-0.25, -0.2) is 0 Å². The predicted molar refractivity (Wildman–Crippen MR) is 203 cm³/mol. The van der Waals surface area contributed by atoms with Crippen LogP contribution < -0.4 is 5.32 Å². The third-order valence-corrected chi connectivity index (χ3v) is 20.0. The summed E-state index contributed by atoms with van der Waals surface area (Å²) in [6.45, 7) is 21.5. The molecule has 272 valence electrons. The van der Waals surface area contributed by atoms with Crippen LogP contribution in [-0.2, 0) is 15.3 Å². The van der Waals surface area contributed by atoms with Gasteiger partial charge in [-0.05, 0) is 128 Å². The summed E-state index contributed by atoms with van der Waals surface area (Å²) in [6.07, 6.45) is 6.66. The van der Waals surface area contributed by atoms with Gasteiger partial charge >= 0.3 is 6.18 Å². The van der Waals surface area contributed by atoms with Gasteiger partial charge in [-0.15, -0.1) is 0 Å². The van der Waals surface area contributed by atoms with Gasteiger partial charge in [-0.1, -0.05) is 89.6 Å². The number of fused-ring (bicyclic) bond motifs is 4. The van der Waals surface area contributed by atoms with E-state index in [1.807, 2.05) is 6.07 Å². The minimum absolute atomic E-state index is 0.0787. The number of hydrogen-bond donors (Lipinski definition) is 1. The van der Waals surface area contributed by atoms with Gasteiger partial charge in [0.1, 0.15) is 11.7 Å². The van der Waals surface area contributed by atoms with E-state index in [0.717, 1.165) is 61.6 Å². The minimum Gasteiger partial charge on any atom is -0.413 e. The van der Waals surface area contributed by atoms with Crippen LogP contribution in [0.4, 0.5) is 13.2 Å². The number of halogens is 4. The Morgan fingerprint density at radius 1 is 1.12 bits per heavy atom. The van der Waals surface area contributed by atoms with Crippen molar-refractivity contribution in [2.75, 3.05) is 0 Å². The van der Waals surface area contributed by atoms with Crippen molar-refractivity contribution < 1.29 is 22.3 Å². The average Bonchev–Trinajstić information content (AvgIpc) is 3.84. The van der Waals surface area contributed by atoms with E-state index in [9.17, 15) is 13.2 Å². The lowest BCUT2D eigenvalue weighted by Gasteiger charge is -2.50. The Hall–Kier alpha value is -0.843. The maximum atomic E-state index is 14.1. The van der Waals surface area contributed by atoms with Gasteiger partial charge in [0.2, 0.25) is 0 Å². The zero-order chi connectivity index (χ0) is 35.5. The Labute approximate surface area is 308 Å². The second-order valence-corrected chi connectivity index (χ2v) is 25.1. The zero-order valence-corrected chi connectivity index (χ0v) is 34.4. The summed E-state index contributed by atoms with van der Waals surface area (Å²) in [6, 6.07) is 6.10. The molecule has 7 unspecified atom stereocenters. The Morgan fingerprint density at radius 3 is 2.47 bits per heavy atom. The molecule has 49 heavy (non-hydrogen) atoms. The van der Waals surface area contributed by atoms with Crippen molar-refractivity contribution >= 4 is 30.9 Å². The molecule has 7 rings (SSSR count). The molecule has 1 saturated heterocycles. The summed E-state index contributed by atoms with van der Waals surface area (Å²) >= 11 is 2.61. The summed E-state index contributed by atoms with van der Waals surface area (Å²) < 4.78 is 57.3. The molecule has 4 aliphatic carbocycles. The molecule has 8 heteroatoms. The van der Waals surface area contributed by atoms with Crippen LogP contribution in [0.1, 0.15) is 130 Å². The summed E-state index contributed by atoms with van der Waals surface area (Å²) in [7, 11) is -2.12. The number of dihydropyridines is 1. The van der Waals surface area contributed by atoms with Gasteiger partial charge in [-0.3, -0.25) is 0 Å². The number of benzene rings is 1. The van der Waals surface area contributed by atoms with E-state index in [-0.39, 0.29) is 37.9 Å². The fourth-order valence-corrected chi connectivity index (χ4v) is 13.8. The van der Waals surface area contributed by atoms with E-state index in [1.165, 1.54) is 49.0 Å². The van der Waals surface area contributed by atoms with E-state index in [1.54, 1.807) is 6.07 Å². The van der Waals surface area contributed by atoms with Crippen molar-refractivity contribution in [3.8, 4) is 0 Å². The first-order chi connectivity index (χ1) is 22.8. The predicted octanol–water partition coefficient (Wildman–Crippen LogP) is 12.1. The molecule has 0 amide bonds. The van der Waals surface area contributed by atoms with Crippen molar-refractivity contribution in [2.45, 2.75) is 165 Å². The Bertz CT molecular complexity index is 1550. The van der Waals surface area contributed by atoms with Crippen LogP contribution in [0, 0.1) is 28.6 Å². The van der Waals surface area contributed by atoms with E-state index in [4.69, 9.17) is 9.16 Å². The summed E-state index contributed by atoms with van der Waals surface area (Å²) in [5.74, 6) is 2.02. The molecule has 0 radical (unpaired) electrons. The number of rotatable bonds is 9. The topological polar surface area (TPSA) is 30.5 Å². The standard InChI is InChI=1S/C41H59F3INO2Si/c1-10-25-19-26(25)16-18-38(6,7)49(8,9)48-31-22-39(31)23-37(4,5)21-29-33(39)34-32(35(46-29)24(2)3)36(47-40(34)17-12-15-30(40)45)27-13-11-14-28(20-27)41(42,43)44/h11,13-14,20,24-26,29-31,36,46H,10,12,15-19,21-23H2,1-9H3/t25?,26?,29?,30?,31?,36-,39?,40?/m1/s1. The first-order valence-corrected chi connectivity index (χ1v) is 23.3. The molecule has 2 heterocycles. The number of allylic oxidation sites excluding steroid dienone is 1.